The molecule has 20 heavy (non-hydrogen) atoms. The van der Waals surface area contributed by atoms with Gasteiger partial charge in [0.05, 0.1) is 22.5 Å². The van der Waals surface area contributed by atoms with Crippen LogP contribution in [0, 0.1) is 22.7 Å². The van der Waals surface area contributed by atoms with E-state index in [0.29, 0.717) is 22.5 Å². The quantitative estimate of drug-likeness (QED) is 0.632. The van der Waals surface area contributed by atoms with Gasteiger partial charge in [0.15, 0.2) is 5.78 Å². The van der Waals surface area contributed by atoms with E-state index in [9.17, 15) is 4.79 Å². The first-order chi connectivity index (χ1) is 9.56. The van der Waals surface area contributed by atoms with Crippen molar-refractivity contribution in [3.05, 3.63) is 58.7 Å². The molecule has 0 bridgehead atoms. The largest absolute Gasteiger partial charge is 0.397 e. The van der Waals surface area contributed by atoms with E-state index in [1.54, 1.807) is 12.1 Å². The highest BCUT2D eigenvalue weighted by Crippen LogP contribution is 2.20. The van der Waals surface area contributed by atoms with Gasteiger partial charge >= 0.3 is 0 Å². The molecule has 0 aliphatic carbocycles. The number of nitrogens with two attached hydrogens (primary N) is 2. The van der Waals surface area contributed by atoms with Gasteiger partial charge in [0.1, 0.15) is 12.1 Å². The highest BCUT2D eigenvalue weighted by Gasteiger charge is 2.12. The average Bonchev–Trinajstić information content (AvgIpc) is 2.48. The molecule has 0 fully saturated rings. The zero-order valence-electron chi connectivity index (χ0n) is 10.4. The number of nitriles is 2. The third-order valence-electron chi connectivity index (χ3n) is 2.87. The summed E-state index contributed by atoms with van der Waals surface area (Å²) >= 11 is 0. The average molecular weight is 262 g/mol. The van der Waals surface area contributed by atoms with Crippen LogP contribution < -0.4 is 11.5 Å². The molecular weight excluding hydrogens is 252 g/mol. The van der Waals surface area contributed by atoms with E-state index in [4.69, 9.17) is 22.0 Å². The molecule has 0 saturated carbocycles. The highest BCUT2D eigenvalue weighted by molar-refractivity contribution is 6.10. The first kappa shape index (κ1) is 13.1. The van der Waals surface area contributed by atoms with Gasteiger partial charge in [-0.1, -0.05) is 0 Å². The maximum Gasteiger partial charge on any atom is 0.193 e. The van der Waals surface area contributed by atoms with Crippen LogP contribution in [0.25, 0.3) is 0 Å². The fraction of sp³-hybridized carbons (Fsp3) is 0. The van der Waals surface area contributed by atoms with E-state index in [1.807, 2.05) is 12.1 Å². The number of hydrogen-bond acceptors (Lipinski definition) is 5. The lowest BCUT2D eigenvalue weighted by molar-refractivity contribution is 0.103. The van der Waals surface area contributed by atoms with Crippen LogP contribution in [0.3, 0.4) is 0 Å². The van der Waals surface area contributed by atoms with Crippen molar-refractivity contribution < 1.29 is 4.79 Å². The van der Waals surface area contributed by atoms with Gasteiger partial charge in [-0.2, -0.15) is 10.5 Å². The van der Waals surface area contributed by atoms with Crippen molar-refractivity contribution >= 4 is 17.2 Å². The maximum absolute atomic E-state index is 12.3. The van der Waals surface area contributed by atoms with E-state index in [1.165, 1.54) is 24.3 Å². The Hall–Kier alpha value is -3.31. The normalized spacial score (nSPS) is 9.50. The zero-order chi connectivity index (χ0) is 14.7. The molecule has 0 aromatic heterocycles. The molecule has 2 rings (SSSR count). The molecule has 5 heteroatoms. The van der Waals surface area contributed by atoms with E-state index < -0.39 is 0 Å². The first-order valence-electron chi connectivity index (χ1n) is 5.70. The van der Waals surface area contributed by atoms with Crippen molar-refractivity contribution in [2.24, 2.45) is 0 Å². The Labute approximate surface area is 115 Å². The van der Waals surface area contributed by atoms with Crippen LogP contribution in [0.4, 0.5) is 11.4 Å². The molecule has 0 aliphatic rings. The lowest BCUT2D eigenvalue weighted by atomic mass is 9.98. The Morgan fingerprint density at radius 2 is 1.45 bits per heavy atom. The molecule has 0 aliphatic heterocycles. The maximum atomic E-state index is 12.3. The predicted octanol–water partition coefficient (Wildman–Crippen LogP) is 1.83. The number of carbonyl (C=O) groups excluding carboxylic acids is 1. The van der Waals surface area contributed by atoms with Crippen LogP contribution >= 0.6 is 0 Å². The van der Waals surface area contributed by atoms with Gasteiger partial charge in [0.25, 0.3) is 0 Å². The van der Waals surface area contributed by atoms with E-state index >= 15 is 0 Å². The van der Waals surface area contributed by atoms with E-state index in [2.05, 4.69) is 0 Å². The molecular formula is C15H10N4O. The van der Waals surface area contributed by atoms with Crippen LogP contribution in [0.1, 0.15) is 27.0 Å². The minimum Gasteiger partial charge on any atom is -0.397 e. The van der Waals surface area contributed by atoms with Crippen LogP contribution in [0.5, 0.6) is 0 Å². The smallest absolute Gasteiger partial charge is 0.193 e. The second kappa shape index (κ2) is 5.13. The number of anilines is 2. The summed E-state index contributed by atoms with van der Waals surface area (Å²) in [6, 6.07) is 12.8. The molecule has 0 amide bonds. The summed E-state index contributed by atoms with van der Waals surface area (Å²) in [5, 5.41) is 17.8. The van der Waals surface area contributed by atoms with Crippen molar-refractivity contribution in [1.29, 1.82) is 10.5 Å². The van der Waals surface area contributed by atoms with Gasteiger partial charge in [-0.25, -0.2) is 0 Å². The summed E-state index contributed by atoms with van der Waals surface area (Å²) < 4.78 is 0. The second-order valence-corrected chi connectivity index (χ2v) is 4.16. The summed E-state index contributed by atoms with van der Waals surface area (Å²) in [5.41, 5.74) is 13.1. The molecule has 4 N–H and O–H groups in total. The van der Waals surface area contributed by atoms with E-state index in [-0.39, 0.29) is 16.9 Å². The summed E-state index contributed by atoms with van der Waals surface area (Å²) in [5.74, 6) is -0.280. The lowest BCUT2D eigenvalue weighted by Gasteiger charge is -2.05. The van der Waals surface area contributed by atoms with Gasteiger partial charge in [0.2, 0.25) is 0 Å². The third-order valence-corrected chi connectivity index (χ3v) is 2.87. The van der Waals surface area contributed by atoms with Crippen molar-refractivity contribution in [3.63, 3.8) is 0 Å². The molecule has 2 aromatic rings. The first-order valence-corrected chi connectivity index (χ1v) is 5.70. The van der Waals surface area contributed by atoms with Crippen LogP contribution in [-0.4, -0.2) is 5.78 Å². The van der Waals surface area contributed by atoms with Gasteiger partial charge in [0, 0.05) is 11.1 Å². The fourth-order valence-electron chi connectivity index (χ4n) is 1.76. The molecule has 0 saturated heterocycles. The number of ketones is 1. The summed E-state index contributed by atoms with van der Waals surface area (Å²) in [6.07, 6.45) is 0. The molecule has 2 aromatic carbocycles. The Morgan fingerprint density at radius 3 is 2.05 bits per heavy atom. The Bertz CT molecular complexity index is 781. The Kier molecular flexibility index (Phi) is 3.37. The molecule has 96 valence electrons. The minimum atomic E-state index is -0.280. The topological polar surface area (TPSA) is 117 Å². The van der Waals surface area contributed by atoms with Crippen molar-refractivity contribution in [2.45, 2.75) is 0 Å². The van der Waals surface area contributed by atoms with Crippen molar-refractivity contribution in [2.75, 3.05) is 11.5 Å². The lowest BCUT2D eigenvalue weighted by Crippen LogP contribution is -2.04. The zero-order valence-corrected chi connectivity index (χ0v) is 10.4. The molecule has 0 spiro atoms. The number of benzene rings is 2. The van der Waals surface area contributed by atoms with Gasteiger partial charge in [-0.05, 0) is 36.4 Å². The number of nitrogens with zero attached hydrogens (tertiary/aromatic N) is 2. The predicted molar refractivity (Wildman–Crippen MR) is 74.6 cm³/mol. The van der Waals surface area contributed by atoms with Crippen LogP contribution in [0.15, 0.2) is 36.4 Å². The number of nitrogen functional groups attached to an aromatic ring is 2. The fourth-order valence-corrected chi connectivity index (χ4v) is 1.76. The van der Waals surface area contributed by atoms with Gasteiger partial charge < -0.3 is 11.5 Å². The molecule has 0 radical (unpaired) electrons. The standard InChI is InChI=1S/C15H10N4O/c16-7-11-2-1-9(5-12(11)8-17)15(20)10-3-4-13(18)14(19)6-10/h1-6H,18-19H2. The minimum absolute atomic E-state index is 0.168. The van der Waals surface area contributed by atoms with Crippen molar-refractivity contribution in [3.8, 4) is 12.1 Å². The molecule has 0 heterocycles. The third kappa shape index (κ3) is 2.29. The molecule has 0 unspecified atom stereocenters. The Balaban J connectivity index is 2.46. The van der Waals surface area contributed by atoms with Gasteiger partial charge in [-0.15, -0.1) is 0 Å². The van der Waals surface area contributed by atoms with Crippen LogP contribution in [0.2, 0.25) is 0 Å². The highest BCUT2D eigenvalue weighted by atomic mass is 16.1. The number of rotatable bonds is 2. The number of carbonyl (C=O) groups is 1. The van der Waals surface area contributed by atoms with Gasteiger partial charge in [-0.3, -0.25) is 4.79 Å². The number of hydrogen-bond donors (Lipinski definition) is 2. The van der Waals surface area contributed by atoms with Crippen LogP contribution in [-0.2, 0) is 0 Å². The molecule has 0 atom stereocenters. The SMILES string of the molecule is N#Cc1ccc(C(=O)c2ccc(N)c(N)c2)cc1C#N. The second-order valence-electron chi connectivity index (χ2n) is 4.16. The van der Waals surface area contributed by atoms with E-state index in [0.717, 1.165) is 0 Å². The Morgan fingerprint density at radius 1 is 0.850 bits per heavy atom. The summed E-state index contributed by atoms with van der Waals surface area (Å²) in [6.45, 7) is 0. The summed E-state index contributed by atoms with van der Waals surface area (Å²) in [4.78, 5) is 12.3. The summed E-state index contributed by atoms with van der Waals surface area (Å²) in [7, 11) is 0. The monoisotopic (exact) mass is 262 g/mol. The van der Waals surface area contributed by atoms with Crippen molar-refractivity contribution in [1.82, 2.24) is 0 Å². The molecule has 5 nitrogen and oxygen atoms in total.